The number of nitrogens with two attached hydrogens (primary N) is 1. The first-order chi connectivity index (χ1) is 11.6. The number of nitrogen functional groups attached to an aromatic ring is 1. The molecule has 7 nitrogen and oxygen atoms in total. The summed E-state index contributed by atoms with van der Waals surface area (Å²) in [6, 6.07) is 3.97. The van der Waals surface area contributed by atoms with Gasteiger partial charge >= 0.3 is 0 Å². The van der Waals surface area contributed by atoms with Crippen LogP contribution in [0.5, 0.6) is 0 Å². The van der Waals surface area contributed by atoms with E-state index in [1.807, 2.05) is 24.4 Å². The van der Waals surface area contributed by atoms with Crippen molar-refractivity contribution in [2.75, 3.05) is 12.3 Å². The normalized spacial score (nSPS) is 14.7. The quantitative estimate of drug-likeness (QED) is 0.753. The van der Waals surface area contributed by atoms with Crippen molar-refractivity contribution in [3.05, 3.63) is 50.6 Å². The maximum absolute atomic E-state index is 12.1. The third kappa shape index (κ3) is 2.74. The summed E-state index contributed by atoms with van der Waals surface area (Å²) in [5.74, 6) is 1.65. The number of H-pyrrole nitrogens is 1. The van der Waals surface area contributed by atoms with Crippen molar-refractivity contribution in [1.82, 2.24) is 19.9 Å². The van der Waals surface area contributed by atoms with Crippen LogP contribution >= 0.6 is 11.3 Å². The first kappa shape index (κ1) is 15.1. The van der Waals surface area contributed by atoms with Gasteiger partial charge in [-0.25, -0.2) is 9.97 Å². The molecular formula is C16H17N5O2S. The van der Waals surface area contributed by atoms with Crippen LogP contribution in [0.15, 0.2) is 26.7 Å². The van der Waals surface area contributed by atoms with Gasteiger partial charge in [0.1, 0.15) is 5.76 Å². The van der Waals surface area contributed by atoms with Crippen molar-refractivity contribution in [3.8, 4) is 10.8 Å². The van der Waals surface area contributed by atoms with Crippen molar-refractivity contribution < 1.29 is 4.42 Å². The number of aromatic nitrogens is 3. The summed E-state index contributed by atoms with van der Waals surface area (Å²) in [6.07, 6.45) is 0.706. The molecule has 0 unspecified atom stereocenters. The molecule has 0 atom stereocenters. The first-order valence-electron chi connectivity index (χ1n) is 7.70. The molecule has 0 aliphatic carbocycles. The van der Waals surface area contributed by atoms with Crippen LogP contribution in [0.3, 0.4) is 0 Å². The first-order valence-corrected chi connectivity index (χ1v) is 8.58. The lowest BCUT2D eigenvalue weighted by Crippen LogP contribution is -2.35. The third-order valence-electron chi connectivity index (χ3n) is 4.16. The summed E-state index contributed by atoms with van der Waals surface area (Å²) in [4.78, 5) is 26.7. The average Bonchev–Trinajstić information content (AvgIpc) is 3.18. The lowest BCUT2D eigenvalue weighted by atomic mass is 10.1. The highest BCUT2D eigenvalue weighted by Gasteiger charge is 2.23. The fourth-order valence-electron chi connectivity index (χ4n) is 2.93. The van der Waals surface area contributed by atoms with Crippen molar-refractivity contribution in [1.29, 1.82) is 0 Å². The molecule has 0 amide bonds. The van der Waals surface area contributed by atoms with Crippen LogP contribution in [0.2, 0.25) is 0 Å². The van der Waals surface area contributed by atoms with E-state index < -0.39 is 0 Å². The van der Waals surface area contributed by atoms with Gasteiger partial charge < -0.3 is 10.2 Å². The monoisotopic (exact) mass is 343 g/mol. The molecule has 0 bridgehead atoms. The van der Waals surface area contributed by atoms with E-state index in [4.69, 9.17) is 10.2 Å². The molecule has 124 valence electrons. The van der Waals surface area contributed by atoms with Crippen LogP contribution in [0.25, 0.3) is 10.8 Å². The minimum atomic E-state index is -0.154. The highest BCUT2D eigenvalue weighted by Crippen LogP contribution is 2.27. The second kappa shape index (κ2) is 5.88. The lowest BCUT2D eigenvalue weighted by Gasteiger charge is -2.26. The molecule has 3 N–H and O–H groups in total. The number of fused-ring (bicyclic) bond motifs is 1. The van der Waals surface area contributed by atoms with Gasteiger partial charge in [0.15, 0.2) is 0 Å². The van der Waals surface area contributed by atoms with Crippen molar-refractivity contribution in [2.24, 2.45) is 0 Å². The number of thiophene rings is 1. The van der Waals surface area contributed by atoms with Gasteiger partial charge in [0, 0.05) is 26.1 Å². The number of aromatic amines is 1. The van der Waals surface area contributed by atoms with Gasteiger partial charge in [-0.15, -0.1) is 11.3 Å². The molecule has 3 aromatic rings. The van der Waals surface area contributed by atoms with Crippen LogP contribution in [0.4, 0.5) is 5.95 Å². The fourth-order valence-corrected chi connectivity index (χ4v) is 3.58. The van der Waals surface area contributed by atoms with Crippen molar-refractivity contribution in [3.63, 3.8) is 0 Å². The third-order valence-corrected chi connectivity index (χ3v) is 5.02. The second-order valence-electron chi connectivity index (χ2n) is 5.84. The summed E-state index contributed by atoms with van der Waals surface area (Å²) in [5.41, 5.74) is 7.84. The van der Waals surface area contributed by atoms with E-state index in [9.17, 15) is 4.79 Å². The summed E-state index contributed by atoms with van der Waals surface area (Å²) < 4.78 is 5.79. The Morgan fingerprint density at radius 3 is 3.12 bits per heavy atom. The van der Waals surface area contributed by atoms with Gasteiger partial charge in [-0.2, -0.15) is 0 Å². The van der Waals surface area contributed by atoms with E-state index in [1.54, 1.807) is 11.3 Å². The second-order valence-corrected chi connectivity index (χ2v) is 6.78. The molecule has 1 aliphatic rings. The molecule has 0 fully saturated rings. The van der Waals surface area contributed by atoms with Crippen LogP contribution in [0.1, 0.15) is 22.7 Å². The van der Waals surface area contributed by atoms with Crippen molar-refractivity contribution >= 4 is 17.3 Å². The number of nitrogens with one attached hydrogen (secondary N) is 1. The number of anilines is 1. The SMILES string of the molecule is Cc1oc(-c2cccs2)nc1CN1CCc2nc(N)[nH]c(=O)c2C1. The predicted octanol–water partition coefficient (Wildman–Crippen LogP) is 1.94. The molecule has 0 aromatic carbocycles. The molecule has 4 heterocycles. The molecule has 4 rings (SSSR count). The Hall–Kier alpha value is -2.45. The summed E-state index contributed by atoms with van der Waals surface area (Å²) in [7, 11) is 0. The van der Waals surface area contributed by atoms with E-state index in [0.29, 0.717) is 31.0 Å². The van der Waals surface area contributed by atoms with Gasteiger partial charge in [-0.1, -0.05) is 6.07 Å². The minimum absolute atomic E-state index is 0.154. The molecule has 0 saturated heterocycles. The Bertz CT molecular complexity index is 929. The Morgan fingerprint density at radius 2 is 2.33 bits per heavy atom. The predicted molar refractivity (Wildman–Crippen MR) is 91.6 cm³/mol. The summed E-state index contributed by atoms with van der Waals surface area (Å²) in [5, 5.41) is 2.00. The van der Waals surface area contributed by atoms with E-state index in [2.05, 4.69) is 19.9 Å². The van der Waals surface area contributed by atoms with Crippen molar-refractivity contribution in [2.45, 2.75) is 26.4 Å². The number of oxazole rings is 1. The van der Waals surface area contributed by atoms with Gasteiger partial charge in [0.2, 0.25) is 11.8 Å². The summed E-state index contributed by atoms with van der Waals surface area (Å²) >= 11 is 1.60. The maximum Gasteiger partial charge on any atom is 0.257 e. The smallest absolute Gasteiger partial charge is 0.257 e. The fraction of sp³-hybridized carbons (Fsp3) is 0.312. The van der Waals surface area contributed by atoms with Gasteiger partial charge in [-0.05, 0) is 18.4 Å². The Kier molecular flexibility index (Phi) is 3.70. The number of aryl methyl sites for hydroxylation is 1. The largest absolute Gasteiger partial charge is 0.440 e. The zero-order chi connectivity index (χ0) is 16.7. The number of hydrogen-bond donors (Lipinski definition) is 2. The molecule has 0 spiro atoms. The number of hydrogen-bond acceptors (Lipinski definition) is 7. The average molecular weight is 343 g/mol. The zero-order valence-corrected chi connectivity index (χ0v) is 14.0. The van der Waals surface area contributed by atoms with E-state index in [-0.39, 0.29) is 11.5 Å². The molecule has 0 radical (unpaired) electrons. The van der Waals surface area contributed by atoms with Gasteiger partial charge in [-0.3, -0.25) is 14.7 Å². The molecule has 8 heteroatoms. The summed E-state index contributed by atoms with van der Waals surface area (Å²) in [6.45, 7) is 3.92. The molecule has 24 heavy (non-hydrogen) atoms. The van der Waals surface area contributed by atoms with E-state index in [0.717, 1.165) is 28.6 Å². The van der Waals surface area contributed by atoms with Gasteiger partial charge in [0.25, 0.3) is 5.56 Å². The molecular weight excluding hydrogens is 326 g/mol. The molecule has 3 aromatic heterocycles. The highest BCUT2D eigenvalue weighted by atomic mass is 32.1. The minimum Gasteiger partial charge on any atom is -0.440 e. The van der Waals surface area contributed by atoms with E-state index in [1.165, 1.54) is 0 Å². The Balaban J connectivity index is 1.56. The molecule has 0 saturated carbocycles. The Labute approximate surface area is 142 Å². The Morgan fingerprint density at radius 1 is 1.46 bits per heavy atom. The standard InChI is InChI=1S/C16H17N5O2S/c1-9-12(18-15(23-9)13-3-2-6-24-13)8-21-5-4-11-10(7-21)14(22)20-16(17)19-11/h2-3,6H,4-5,7-8H2,1H3,(H3,17,19,20,22). The van der Waals surface area contributed by atoms with Crippen LogP contribution in [-0.2, 0) is 19.5 Å². The number of rotatable bonds is 3. The molecule has 1 aliphatic heterocycles. The van der Waals surface area contributed by atoms with E-state index >= 15 is 0 Å². The van der Waals surface area contributed by atoms with Crippen LogP contribution in [-0.4, -0.2) is 26.4 Å². The maximum atomic E-state index is 12.1. The topological polar surface area (TPSA) is 101 Å². The zero-order valence-electron chi connectivity index (χ0n) is 13.2. The van der Waals surface area contributed by atoms with Gasteiger partial charge in [0.05, 0.1) is 21.8 Å². The van der Waals surface area contributed by atoms with Crippen LogP contribution < -0.4 is 11.3 Å². The van der Waals surface area contributed by atoms with Crippen LogP contribution in [0, 0.1) is 6.92 Å². The number of nitrogens with zero attached hydrogens (tertiary/aromatic N) is 3. The highest BCUT2D eigenvalue weighted by molar-refractivity contribution is 7.13. The lowest BCUT2D eigenvalue weighted by molar-refractivity contribution is 0.238.